The van der Waals surface area contributed by atoms with Gasteiger partial charge in [-0.1, -0.05) is 19.6 Å². The van der Waals surface area contributed by atoms with Gasteiger partial charge in [-0.2, -0.15) is 0 Å². The molecule has 4 heterocycles. The Kier molecular flexibility index (Phi) is 6.89. The predicted molar refractivity (Wildman–Crippen MR) is 129 cm³/mol. The van der Waals surface area contributed by atoms with Crippen molar-refractivity contribution >= 4 is 43.0 Å². The van der Waals surface area contributed by atoms with Crippen LogP contribution in [-0.4, -0.2) is 88.5 Å². The number of urea groups is 1. The number of aromatic nitrogens is 3. The van der Waals surface area contributed by atoms with E-state index in [1.54, 1.807) is 0 Å². The quantitative estimate of drug-likeness (QED) is 0.469. The molecule has 4 amide bonds. The van der Waals surface area contributed by atoms with Gasteiger partial charge in [0.2, 0.25) is 5.91 Å². The summed E-state index contributed by atoms with van der Waals surface area (Å²) < 4.78 is 7.72. The number of carboxylic acid groups (broad SMARTS) is 1. The molecular formula is C22H32N6O5Si. The fourth-order valence-corrected chi connectivity index (χ4v) is 5.11. The summed E-state index contributed by atoms with van der Waals surface area (Å²) in [5, 5.41) is 9.93. The number of carbonyl (C=O) groups excluding carboxylic acids is 2. The average molecular weight is 489 g/mol. The summed E-state index contributed by atoms with van der Waals surface area (Å²) >= 11 is 0. The van der Waals surface area contributed by atoms with Gasteiger partial charge in [0.1, 0.15) is 24.5 Å². The van der Waals surface area contributed by atoms with Crippen LogP contribution in [0.3, 0.4) is 0 Å². The first-order valence-corrected chi connectivity index (χ1v) is 15.4. The van der Waals surface area contributed by atoms with Crippen LogP contribution in [-0.2, 0) is 9.53 Å². The zero-order valence-electron chi connectivity index (χ0n) is 19.9. The maximum absolute atomic E-state index is 13.2. The number of piperidine rings is 1. The van der Waals surface area contributed by atoms with Gasteiger partial charge in [0.25, 0.3) is 0 Å². The lowest BCUT2D eigenvalue weighted by molar-refractivity contribution is -0.133. The van der Waals surface area contributed by atoms with E-state index < -0.39 is 20.2 Å². The van der Waals surface area contributed by atoms with Gasteiger partial charge < -0.3 is 19.3 Å². The van der Waals surface area contributed by atoms with Crippen LogP contribution in [0, 0.1) is 0 Å². The smallest absolute Gasteiger partial charge is 0.407 e. The number of nitrogens with zero attached hydrogens (tertiary/aromatic N) is 6. The third-order valence-corrected chi connectivity index (χ3v) is 8.11. The number of imide groups is 1. The third-order valence-electron chi connectivity index (χ3n) is 6.40. The lowest BCUT2D eigenvalue weighted by atomic mass is 10.1. The summed E-state index contributed by atoms with van der Waals surface area (Å²) in [6, 6.07) is 2.52. The van der Waals surface area contributed by atoms with Crippen LogP contribution >= 0.6 is 0 Å². The SMILES string of the molecule is C[Si](C)(C)CCOCN1C(=O)CCN(c2ncnc3c2ccn3C2CCN(C(=O)O)CC2)C1=O. The molecule has 2 saturated heterocycles. The minimum atomic E-state index is -1.27. The monoisotopic (exact) mass is 488 g/mol. The van der Waals surface area contributed by atoms with E-state index >= 15 is 0 Å². The maximum atomic E-state index is 13.2. The number of likely N-dealkylation sites (tertiary alicyclic amines) is 1. The second-order valence-corrected chi connectivity index (χ2v) is 15.6. The molecule has 184 valence electrons. The van der Waals surface area contributed by atoms with Gasteiger partial charge in [-0.05, 0) is 25.0 Å². The molecule has 1 N–H and O–H groups in total. The van der Waals surface area contributed by atoms with Gasteiger partial charge in [0, 0.05) is 53.0 Å². The summed E-state index contributed by atoms with van der Waals surface area (Å²) in [6.07, 6.45) is 4.03. The van der Waals surface area contributed by atoms with Crippen molar-refractivity contribution in [3.63, 3.8) is 0 Å². The van der Waals surface area contributed by atoms with Crippen molar-refractivity contribution in [3.8, 4) is 0 Å². The van der Waals surface area contributed by atoms with Crippen molar-refractivity contribution in [1.82, 2.24) is 24.3 Å². The Hall–Kier alpha value is -2.99. The molecule has 0 bridgehead atoms. The van der Waals surface area contributed by atoms with Crippen molar-refractivity contribution in [2.24, 2.45) is 0 Å². The standard InChI is InChI=1S/C22H32N6O5Si/c1-34(2,3)13-12-33-15-28-18(29)7-11-27(21(28)30)20-17-6-10-26(19(17)23-14-24-20)16-4-8-25(9-5-16)22(31)32/h6,10,14,16H,4-5,7-9,11-13,15H2,1-3H3,(H,31,32). The molecule has 0 atom stereocenters. The highest BCUT2D eigenvalue weighted by Crippen LogP contribution is 2.31. The number of hydrogen-bond acceptors (Lipinski definition) is 6. The van der Waals surface area contributed by atoms with E-state index in [4.69, 9.17) is 4.74 Å². The molecule has 2 aliphatic heterocycles. The van der Waals surface area contributed by atoms with Gasteiger partial charge in [0.15, 0.2) is 0 Å². The number of ether oxygens (including phenoxy) is 1. The lowest BCUT2D eigenvalue weighted by Crippen LogP contribution is -2.53. The molecule has 0 aliphatic carbocycles. The highest BCUT2D eigenvalue weighted by molar-refractivity contribution is 6.76. The first-order chi connectivity index (χ1) is 16.2. The van der Waals surface area contributed by atoms with Crippen LogP contribution in [0.1, 0.15) is 25.3 Å². The fourth-order valence-electron chi connectivity index (χ4n) is 4.35. The van der Waals surface area contributed by atoms with Gasteiger partial charge in [0.05, 0.1) is 5.39 Å². The van der Waals surface area contributed by atoms with E-state index in [-0.39, 0.29) is 31.6 Å². The number of carbonyl (C=O) groups is 3. The topological polar surface area (TPSA) is 121 Å². The predicted octanol–water partition coefficient (Wildman–Crippen LogP) is 3.22. The van der Waals surface area contributed by atoms with Crippen LogP contribution in [0.5, 0.6) is 0 Å². The summed E-state index contributed by atoms with van der Waals surface area (Å²) in [6.45, 7) is 8.39. The molecule has 2 aromatic rings. The van der Waals surface area contributed by atoms with Gasteiger partial charge in [-0.15, -0.1) is 0 Å². The largest absolute Gasteiger partial charge is 0.465 e. The Morgan fingerprint density at radius 2 is 1.91 bits per heavy atom. The van der Waals surface area contributed by atoms with E-state index in [1.165, 1.54) is 16.1 Å². The Balaban J connectivity index is 1.50. The van der Waals surface area contributed by atoms with Crippen molar-refractivity contribution in [2.75, 3.05) is 37.9 Å². The molecule has 2 fully saturated rings. The van der Waals surface area contributed by atoms with Crippen molar-refractivity contribution in [1.29, 1.82) is 0 Å². The number of amides is 4. The highest BCUT2D eigenvalue weighted by Gasteiger charge is 2.35. The lowest BCUT2D eigenvalue weighted by Gasteiger charge is -2.33. The summed E-state index contributed by atoms with van der Waals surface area (Å²) in [4.78, 5) is 49.8. The van der Waals surface area contributed by atoms with Crippen LogP contribution in [0.15, 0.2) is 18.6 Å². The molecule has 11 nitrogen and oxygen atoms in total. The summed E-state index contributed by atoms with van der Waals surface area (Å²) in [5.74, 6) is 0.221. The van der Waals surface area contributed by atoms with Crippen LogP contribution < -0.4 is 4.90 Å². The number of rotatable bonds is 7. The van der Waals surface area contributed by atoms with Gasteiger partial charge in [-0.25, -0.2) is 24.5 Å². The summed E-state index contributed by atoms with van der Waals surface area (Å²) in [5.41, 5.74) is 0.696. The van der Waals surface area contributed by atoms with Crippen molar-refractivity contribution in [3.05, 3.63) is 18.6 Å². The van der Waals surface area contributed by atoms with E-state index in [0.717, 1.165) is 16.3 Å². The highest BCUT2D eigenvalue weighted by atomic mass is 28.3. The molecule has 0 radical (unpaired) electrons. The van der Waals surface area contributed by atoms with Gasteiger partial charge in [-0.3, -0.25) is 9.69 Å². The maximum Gasteiger partial charge on any atom is 0.407 e. The minimum Gasteiger partial charge on any atom is -0.465 e. The minimum absolute atomic E-state index is 0.0595. The van der Waals surface area contributed by atoms with Crippen LogP contribution in [0.4, 0.5) is 15.4 Å². The molecule has 0 saturated carbocycles. The van der Waals surface area contributed by atoms with E-state index in [9.17, 15) is 19.5 Å². The summed E-state index contributed by atoms with van der Waals surface area (Å²) in [7, 11) is -1.27. The number of anilines is 1. The van der Waals surface area contributed by atoms with Crippen LogP contribution in [0.25, 0.3) is 11.0 Å². The third kappa shape index (κ3) is 5.07. The Morgan fingerprint density at radius 3 is 2.59 bits per heavy atom. The zero-order chi connectivity index (χ0) is 24.5. The Bertz CT molecular complexity index is 1080. The van der Waals surface area contributed by atoms with E-state index in [1.807, 2.05) is 16.8 Å². The molecule has 0 spiro atoms. The fraction of sp³-hybridized carbons (Fsp3) is 0.591. The average Bonchev–Trinajstić information content (AvgIpc) is 3.22. The number of fused-ring (bicyclic) bond motifs is 1. The zero-order valence-corrected chi connectivity index (χ0v) is 20.9. The van der Waals surface area contributed by atoms with Crippen molar-refractivity contribution in [2.45, 2.75) is 51.0 Å². The number of hydrogen-bond donors (Lipinski definition) is 1. The van der Waals surface area contributed by atoms with Crippen LogP contribution in [0.2, 0.25) is 25.7 Å². The normalized spacial score (nSPS) is 18.3. The first kappa shape index (κ1) is 24.1. The molecule has 4 rings (SSSR count). The Morgan fingerprint density at radius 1 is 1.18 bits per heavy atom. The van der Waals surface area contributed by atoms with E-state index in [0.29, 0.717) is 44.0 Å². The molecule has 34 heavy (non-hydrogen) atoms. The molecule has 2 aromatic heterocycles. The molecule has 12 heteroatoms. The van der Waals surface area contributed by atoms with Gasteiger partial charge >= 0.3 is 12.1 Å². The second kappa shape index (κ2) is 9.70. The second-order valence-electron chi connectivity index (χ2n) is 10.0. The molecular weight excluding hydrogens is 456 g/mol. The Labute approximate surface area is 199 Å². The molecule has 0 aromatic carbocycles. The molecule has 0 unspecified atom stereocenters. The van der Waals surface area contributed by atoms with E-state index in [2.05, 4.69) is 29.6 Å². The molecule has 2 aliphatic rings. The first-order valence-electron chi connectivity index (χ1n) is 11.6. The van der Waals surface area contributed by atoms with Crippen molar-refractivity contribution < 1.29 is 24.2 Å².